The minimum absolute atomic E-state index is 0.00972. The van der Waals surface area contributed by atoms with E-state index in [2.05, 4.69) is 11.4 Å². The molecule has 3 aliphatic rings. The van der Waals surface area contributed by atoms with Gasteiger partial charge in [-0.3, -0.25) is 9.59 Å². The van der Waals surface area contributed by atoms with Gasteiger partial charge in [0.05, 0.1) is 25.2 Å². The van der Waals surface area contributed by atoms with Crippen LogP contribution in [0, 0.1) is 0 Å². The second-order valence-corrected chi connectivity index (χ2v) is 9.77. The zero-order valence-corrected chi connectivity index (χ0v) is 21.3. The van der Waals surface area contributed by atoms with Gasteiger partial charge in [0.1, 0.15) is 0 Å². The first-order chi connectivity index (χ1) is 17.6. The van der Waals surface area contributed by atoms with E-state index in [9.17, 15) is 9.59 Å². The lowest BCUT2D eigenvalue weighted by atomic mass is 9.75. The van der Waals surface area contributed by atoms with Crippen molar-refractivity contribution in [1.29, 1.82) is 0 Å². The summed E-state index contributed by atoms with van der Waals surface area (Å²) in [6, 6.07) is 11.2. The van der Waals surface area contributed by atoms with Gasteiger partial charge in [0.2, 0.25) is 5.91 Å². The van der Waals surface area contributed by atoms with E-state index in [0.717, 1.165) is 41.7 Å². The molecule has 0 radical (unpaired) electrons. The molecule has 2 atom stereocenters. The van der Waals surface area contributed by atoms with Gasteiger partial charge < -0.3 is 19.7 Å². The zero-order chi connectivity index (χ0) is 25.1. The van der Waals surface area contributed by atoms with Crippen LogP contribution in [-0.4, -0.2) is 43.0 Å². The van der Waals surface area contributed by atoms with Crippen molar-refractivity contribution in [2.24, 2.45) is 0 Å². The van der Waals surface area contributed by atoms with Crippen molar-refractivity contribution in [2.45, 2.75) is 64.3 Å². The van der Waals surface area contributed by atoms with E-state index in [4.69, 9.17) is 9.47 Å². The van der Waals surface area contributed by atoms with E-state index in [0.29, 0.717) is 44.0 Å². The molecule has 0 aromatic heterocycles. The fraction of sp³-hybridized carbons (Fsp3) is 0.467. The van der Waals surface area contributed by atoms with Gasteiger partial charge in [-0.1, -0.05) is 29.8 Å². The van der Waals surface area contributed by atoms with Crippen molar-refractivity contribution in [2.75, 3.05) is 26.3 Å². The average Bonchev–Trinajstić information content (AvgIpc) is 2.90. The Balaban J connectivity index is 1.51. The molecular formula is C30H36N2O4. The van der Waals surface area contributed by atoms with Gasteiger partial charge in [-0.05, 0) is 87.3 Å². The molecule has 0 saturated heterocycles. The van der Waals surface area contributed by atoms with Crippen LogP contribution in [0.2, 0.25) is 0 Å². The molecule has 1 N–H and O–H groups in total. The number of nitrogens with one attached hydrogen (secondary N) is 1. The summed E-state index contributed by atoms with van der Waals surface area (Å²) in [6.07, 6.45) is 8.69. The summed E-state index contributed by atoms with van der Waals surface area (Å²) < 4.78 is 11.8. The van der Waals surface area contributed by atoms with Crippen LogP contribution in [0.25, 0.3) is 0 Å². The smallest absolute Gasteiger partial charge is 0.254 e. The van der Waals surface area contributed by atoms with E-state index in [1.54, 1.807) is 0 Å². The van der Waals surface area contributed by atoms with Crippen LogP contribution in [0.15, 0.2) is 48.0 Å². The highest BCUT2D eigenvalue weighted by atomic mass is 16.5. The summed E-state index contributed by atoms with van der Waals surface area (Å²) in [5.41, 5.74) is 4.96. The Morgan fingerprint density at radius 1 is 1.03 bits per heavy atom. The fourth-order valence-electron chi connectivity index (χ4n) is 5.94. The van der Waals surface area contributed by atoms with Crippen molar-refractivity contribution in [3.05, 3.63) is 70.3 Å². The highest BCUT2D eigenvalue weighted by molar-refractivity contribution is 6.01. The largest absolute Gasteiger partial charge is 0.490 e. The Kier molecular flexibility index (Phi) is 7.30. The number of nitrogens with zero attached hydrogens (tertiary/aromatic N) is 1. The number of amides is 2. The van der Waals surface area contributed by atoms with E-state index in [-0.39, 0.29) is 17.9 Å². The molecule has 2 aromatic rings. The monoisotopic (exact) mass is 488 g/mol. The van der Waals surface area contributed by atoms with Gasteiger partial charge in [-0.25, -0.2) is 0 Å². The van der Waals surface area contributed by atoms with Crippen LogP contribution in [0.3, 0.4) is 0 Å². The molecule has 2 aliphatic heterocycles. The fourth-order valence-corrected chi connectivity index (χ4v) is 5.94. The number of ether oxygens (including phenoxy) is 2. The van der Waals surface area contributed by atoms with Crippen LogP contribution in [0.4, 0.5) is 0 Å². The van der Waals surface area contributed by atoms with Crippen molar-refractivity contribution >= 4 is 11.8 Å². The topological polar surface area (TPSA) is 67.9 Å². The number of benzene rings is 2. The molecule has 6 nitrogen and oxygen atoms in total. The van der Waals surface area contributed by atoms with Gasteiger partial charge >= 0.3 is 0 Å². The molecule has 2 amide bonds. The summed E-state index contributed by atoms with van der Waals surface area (Å²) in [7, 11) is 0. The molecule has 6 heteroatoms. The Labute approximate surface area is 213 Å². The van der Waals surface area contributed by atoms with E-state index in [1.165, 1.54) is 18.4 Å². The highest BCUT2D eigenvalue weighted by Crippen LogP contribution is 2.48. The van der Waals surface area contributed by atoms with Crippen molar-refractivity contribution in [3.63, 3.8) is 0 Å². The van der Waals surface area contributed by atoms with E-state index < -0.39 is 5.92 Å². The first-order valence-electron chi connectivity index (χ1n) is 13.4. The summed E-state index contributed by atoms with van der Waals surface area (Å²) in [5, 5.41) is 3.22. The van der Waals surface area contributed by atoms with E-state index in [1.807, 2.05) is 55.1 Å². The first kappa shape index (κ1) is 24.4. The van der Waals surface area contributed by atoms with Crippen LogP contribution >= 0.6 is 0 Å². The molecule has 0 unspecified atom stereocenters. The molecule has 0 spiro atoms. The Hall–Kier alpha value is -3.28. The maximum Gasteiger partial charge on any atom is 0.254 e. The Morgan fingerprint density at radius 2 is 1.81 bits per heavy atom. The van der Waals surface area contributed by atoms with E-state index >= 15 is 0 Å². The second kappa shape index (κ2) is 10.8. The molecular weight excluding hydrogens is 452 g/mol. The third kappa shape index (κ3) is 4.61. The normalized spacial score (nSPS) is 20.6. The maximum absolute atomic E-state index is 13.8. The third-order valence-corrected chi connectivity index (χ3v) is 7.60. The second-order valence-electron chi connectivity index (χ2n) is 9.77. The number of rotatable bonds is 8. The number of fused-ring (bicyclic) bond motifs is 4. The molecule has 0 saturated carbocycles. The summed E-state index contributed by atoms with van der Waals surface area (Å²) >= 11 is 0. The number of hydrogen-bond donors (Lipinski definition) is 1. The summed E-state index contributed by atoms with van der Waals surface area (Å²) in [6.45, 7) is 6.14. The molecule has 2 heterocycles. The molecule has 0 bridgehead atoms. The zero-order valence-electron chi connectivity index (χ0n) is 21.3. The minimum atomic E-state index is -0.481. The number of allylic oxidation sites excluding steroid dienone is 1. The van der Waals surface area contributed by atoms with Crippen molar-refractivity contribution < 1.29 is 19.1 Å². The molecule has 2 aromatic carbocycles. The SMILES string of the molecule is CCOc1cc2c(cc1OCC)[C@H]1[C@H](C(=O)NCCC3=CCCCC3)c3ccccc3C(=O)N1CC2. The van der Waals surface area contributed by atoms with Crippen LogP contribution in [0.5, 0.6) is 11.5 Å². The van der Waals surface area contributed by atoms with Gasteiger partial charge in [0, 0.05) is 18.7 Å². The highest BCUT2D eigenvalue weighted by Gasteiger charge is 2.46. The van der Waals surface area contributed by atoms with Gasteiger partial charge in [0.15, 0.2) is 11.5 Å². The van der Waals surface area contributed by atoms with Crippen LogP contribution in [-0.2, 0) is 11.2 Å². The van der Waals surface area contributed by atoms with Crippen molar-refractivity contribution in [1.82, 2.24) is 10.2 Å². The number of hydrogen-bond acceptors (Lipinski definition) is 4. The summed E-state index contributed by atoms with van der Waals surface area (Å²) in [4.78, 5) is 29.3. The molecule has 190 valence electrons. The lowest BCUT2D eigenvalue weighted by Crippen LogP contribution is -2.50. The Bertz CT molecular complexity index is 1170. The number of carbonyl (C=O) groups excluding carboxylic acids is 2. The molecule has 36 heavy (non-hydrogen) atoms. The van der Waals surface area contributed by atoms with Crippen LogP contribution in [0.1, 0.15) is 85.0 Å². The summed E-state index contributed by atoms with van der Waals surface area (Å²) in [5.74, 6) is 0.863. The maximum atomic E-state index is 13.8. The molecule has 5 rings (SSSR count). The van der Waals surface area contributed by atoms with Gasteiger partial charge in [-0.15, -0.1) is 0 Å². The Morgan fingerprint density at radius 3 is 2.56 bits per heavy atom. The molecule has 1 aliphatic carbocycles. The van der Waals surface area contributed by atoms with Gasteiger partial charge in [-0.2, -0.15) is 0 Å². The standard InChI is InChI=1S/C30H36N2O4/c1-3-35-25-18-21-15-17-32-28(24(21)19-26(25)36-4-2)27(22-12-8-9-13-23(22)30(32)34)29(33)31-16-14-20-10-6-5-7-11-20/h8-10,12-13,18-19,27-28H,3-7,11,14-17H2,1-2H3,(H,31,33)/t27-,28+/m1/s1. The minimum Gasteiger partial charge on any atom is -0.490 e. The van der Waals surface area contributed by atoms with Crippen LogP contribution < -0.4 is 14.8 Å². The predicted molar refractivity (Wildman–Crippen MR) is 140 cm³/mol. The van der Waals surface area contributed by atoms with Gasteiger partial charge in [0.25, 0.3) is 5.91 Å². The van der Waals surface area contributed by atoms with Crippen molar-refractivity contribution in [3.8, 4) is 11.5 Å². The average molecular weight is 489 g/mol. The third-order valence-electron chi connectivity index (χ3n) is 7.60. The first-order valence-corrected chi connectivity index (χ1v) is 13.4. The predicted octanol–water partition coefficient (Wildman–Crippen LogP) is 5.33. The number of carbonyl (C=O) groups is 2. The molecule has 0 fully saturated rings. The quantitative estimate of drug-likeness (QED) is 0.510. The lowest BCUT2D eigenvalue weighted by molar-refractivity contribution is -0.124. The lowest BCUT2D eigenvalue weighted by Gasteiger charge is -2.45.